The smallest absolute Gasteiger partial charge is 0.248 e. The third kappa shape index (κ3) is 4.19. The predicted octanol–water partition coefficient (Wildman–Crippen LogP) is 1.64. The van der Waals surface area contributed by atoms with Gasteiger partial charge in [0.15, 0.2) is 0 Å². The third-order valence-corrected chi connectivity index (χ3v) is 6.00. The van der Waals surface area contributed by atoms with Crippen molar-refractivity contribution >= 4 is 11.7 Å². The van der Waals surface area contributed by atoms with E-state index in [1.807, 2.05) is 24.2 Å². The third-order valence-electron chi connectivity index (χ3n) is 6.00. The van der Waals surface area contributed by atoms with Gasteiger partial charge in [0.05, 0.1) is 13.2 Å². The van der Waals surface area contributed by atoms with Crippen LogP contribution in [0.5, 0.6) is 0 Å². The van der Waals surface area contributed by atoms with E-state index in [0.29, 0.717) is 0 Å². The van der Waals surface area contributed by atoms with Gasteiger partial charge in [0.25, 0.3) is 0 Å². The number of nitrogens with one attached hydrogen (secondary N) is 1. The van der Waals surface area contributed by atoms with Gasteiger partial charge in [-0.05, 0) is 37.7 Å². The van der Waals surface area contributed by atoms with Crippen molar-refractivity contribution in [2.75, 3.05) is 51.3 Å². The Hall–Kier alpha value is -1.86. The van der Waals surface area contributed by atoms with E-state index in [0.717, 1.165) is 83.9 Å². The number of piperidine rings is 1. The molecule has 0 aliphatic carbocycles. The van der Waals surface area contributed by atoms with Crippen molar-refractivity contribution in [1.82, 2.24) is 19.6 Å². The summed E-state index contributed by atoms with van der Waals surface area (Å²) in [6.45, 7) is 6.15. The molecular formula is C20H31N5O2. The van der Waals surface area contributed by atoms with Gasteiger partial charge in [-0.1, -0.05) is 6.08 Å². The number of carbonyl (C=O) groups is 1. The number of likely N-dealkylation sites (tertiary alicyclic amines) is 2. The summed E-state index contributed by atoms with van der Waals surface area (Å²) in [6.07, 6.45) is 9.10. The van der Waals surface area contributed by atoms with Crippen molar-refractivity contribution in [3.8, 4) is 0 Å². The molecule has 148 valence electrons. The normalized spacial score (nSPS) is 23.3. The second kappa shape index (κ2) is 8.02. The predicted molar refractivity (Wildman–Crippen MR) is 105 cm³/mol. The molecule has 7 nitrogen and oxygen atoms in total. The molecule has 4 heterocycles. The number of hydrogen-bond acceptors (Lipinski definition) is 5. The summed E-state index contributed by atoms with van der Waals surface area (Å²) in [6, 6.07) is 1.95. The summed E-state index contributed by atoms with van der Waals surface area (Å²) in [7, 11) is 1.91. The second-order valence-corrected chi connectivity index (χ2v) is 8.06. The first-order valence-electron chi connectivity index (χ1n) is 10.2. The molecule has 0 bridgehead atoms. The number of aryl methyl sites for hydroxylation is 1. The van der Waals surface area contributed by atoms with E-state index in [1.165, 1.54) is 5.57 Å². The Kier molecular flexibility index (Phi) is 5.50. The Bertz CT molecular complexity index is 684. The molecule has 0 aromatic carbocycles. The molecule has 1 N–H and O–H groups in total. The molecule has 3 aliphatic rings. The fourth-order valence-corrected chi connectivity index (χ4v) is 4.44. The van der Waals surface area contributed by atoms with E-state index >= 15 is 0 Å². The summed E-state index contributed by atoms with van der Waals surface area (Å²) in [5.74, 6) is 1.05. The SMILES string of the molecule is Cn1ccc(NC2(C(=O)N3CCCC3)CCN(CC3=CCCOC3)CC2)n1. The number of nitrogens with zero attached hydrogens (tertiary/aromatic N) is 4. The lowest BCUT2D eigenvalue weighted by Gasteiger charge is -2.43. The fraction of sp³-hybridized carbons (Fsp3) is 0.700. The van der Waals surface area contributed by atoms with E-state index in [2.05, 4.69) is 21.4 Å². The Morgan fingerprint density at radius 1 is 1.26 bits per heavy atom. The van der Waals surface area contributed by atoms with E-state index in [1.54, 1.807) is 4.68 Å². The van der Waals surface area contributed by atoms with Crippen molar-refractivity contribution < 1.29 is 9.53 Å². The van der Waals surface area contributed by atoms with Gasteiger partial charge >= 0.3 is 0 Å². The Labute approximate surface area is 161 Å². The van der Waals surface area contributed by atoms with Crippen LogP contribution >= 0.6 is 0 Å². The number of anilines is 1. The first-order valence-corrected chi connectivity index (χ1v) is 10.2. The molecule has 0 atom stereocenters. The highest BCUT2D eigenvalue weighted by molar-refractivity contribution is 5.89. The quantitative estimate of drug-likeness (QED) is 0.795. The van der Waals surface area contributed by atoms with Crippen molar-refractivity contribution in [3.63, 3.8) is 0 Å². The number of amides is 1. The lowest BCUT2D eigenvalue weighted by Crippen LogP contribution is -2.59. The van der Waals surface area contributed by atoms with Gasteiger partial charge < -0.3 is 15.0 Å². The standard InChI is InChI=1S/C20H31N5O2/c1-23-11-6-18(22-23)21-20(19(26)25-9-2-3-10-25)7-12-24(13-8-20)15-17-5-4-14-27-16-17/h5-6,11H,2-4,7-10,12-16H2,1H3,(H,21,22). The van der Waals surface area contributed by atoms with Crippen LogP contribution in [0.15, 0.2) is 23.9 Å². The van der Waals surface area contributed by atoms with Crippen molar-refractivity contribution in [2.45, 2.75) is 37.6 Å². The Morgan fingerprint density at radius 3 is 2.67 bits per heavy atom. The van der Waals surface area contributed by atoms with Gasteiger partial charge in [0.2, 0.25) is 5.91 Å². The summed E-state index contributed by atoms with van der Waals surface area (Å²) in [5.41, 5.74) is 0.837. The lowest BCUT2D eigenvalue weighted by atomic mass is 9.85. The van der Waals surface area contributed by atoms with Crippen LogP contribution in [0.25, 0.3) is 0 Å². The molecule has 2 saturated heterocycles. The van der Waals surface area contributed by atoms with Crippen molar-refractivity contribution in [3.05, 3.63) is 23.9 Å². The zero-order valence-electron chi connectivity index (χ0n) is 16.3. The van der Waals surface area contributed by atoms with E-state index in [4.69, 9.17) is 4.74 Å². The first-order chi connectivity index (χ1) is 13.1. The zero-order valence-corrected chi connectivity index (χ0v) is 16.3. The van der Waals surface area contributed by atoms with Gasteiger partial charge in [-0.3, -0.25) is 14.4 Å². The maximum absolute atomic E-state index is 13.4. The van der Waals surface area contributed by atoms with Crippen LogP contribution in [0.4, 0.5) is 5.82 Å². The first kappa shape index (κ1) is 18.5. The minimum atomic E-state index is -0.535. The molecule has 0 unspecified atom stereocenters. The van der Waals surface area contributed by atoms with Crippen LogP contribution in [-0.4, -0.2) is 77.0 Å². The minimum Gasteiger partial charge on any atom is -0.377 e. The summed E-state index contributed by atoms with van der Waals surface area (Å²) in [4.78, 5) is 17.9. The molecule has 4 rings (SSSR count). The zero-order chi connectivity index (χ0) is 18.7. The number of hydrogen-bond donors (Lipinski definition) is 1. The topological polar surface area (TPSA) is 62.6 Å². The minimum absolute atomic E-state index is 0.255. The van der Waals surface area contributed by atoms with Gasteiger partial charge in [-0.25, -0.2) is 0 Å². The molecule has 0 saturated carbocycles. The molecule has 1 aromatic rings. The Morgan fingerprint density at radius 2 is 2.04 bits per heavy atom. The molecule has 2 fully saturated rings. The summed E-state index contributed by atoms with van der Waals surface area (Å²) >= 11 is 0. The molecule has 3 aliphatic heterocycles. The van der Waals surface area contributed by atoms with Crippen molar-refractivity contribution in [1.29, 1.82) is 0 Å². The largest absolute Gasteiger partial charge is 0.377 e. The van der Waals surface area contributed by atoms with Crippen LogP contribution in [0.2, 0.25) is 0 Å². The van der Waals surface area contributed by atoms with Crippen LogP contribution in [0.3, 0.4) is 0 Å². The van der Waals surface area contributed by atoms with Crippen LogP contribution < -0.4 is 5.32 Å². The molecule has 1 amide bonds. The van der Waals surface area contributed by atoms with Gasteiger partial charge in [-0.15, -0.1) is 0 Å². The molecule has 7 heteroatoms. The molecule has 0 spiro atoms. The number of ether oxygens (including phenoxy) is 1. The second-order valence-electron chi connectivity index (χ2n) is 8.06. The molecule has 0 radical (unpaired) electrons. The number of carbonyl (C=O) groups excluding carboxylic acids is 1. The molecular weight excluding hydrogens is 342 g/mol. The summed E-state index contributed by atoms with van der Waals surface area (Å²) in [5, 5.41) is 7.99. The monoisotopic (exact) mass is 373 g/mol. The van der Waals surface area contributed by atoms with Crippen LogP contribution in [0.1, 0.15) is 32.1 Å². The average molecular weight is 374 g/mol. The highest BCUT2D eigenvalue weighted by Gasteiger charge is 2.44. The van der Waals surface area contributed by atoms with Gasteiger partial charge in [0.1, 0.15) is 11.4 Å². The fourth-order valence-electron chi connectivity index (χ4n) is 4.44. The summed E-state index contributed by atoms with van der Waals surface area (Å²) < 4.78 is 7.35. The van der Waals surface area contributed by atoms with E-state index in [-0.39, 0.29) is 5.91 Å². The Balaban J connectivity index is 1.45. The van der Waals surface area contributed by atoms with Crippen LogP contribution in [-0.2, 0) is 16.6 Å². The van der Waals surface area contributed by atoms with Gasteiger partial charge in [0, 0.05) is 52.0 Å². The molecule has 27 heavy (non-hydrogen) atoms. The highest BCUT2D eigenvalue weighted by atomic mass is 16.5. The van der Waals surface area contributed by atoms with E-state index in [9.17, 15) is 4.79 Å². The average Bonchev–Trinajstić information content (AvgIpc) is 3.36. The maximum atomic E-state index is 13.4. The number of aromatic nitrogens is 2. The lowest BCUT2D eigenvalue weighted by molar-refractivity contribution is -0.136. The van der Waals surface area contributed by atoms with Crippen LogP contribution in [0, 0.1) is 0 Å². The maximum Gasteiger partial charge on any atom is 0.248 e. The number of rotatable bonds is 5. The van der Waals surface area contributed by atoms with Gasteiger partial charge in [-0.2, -0.15) is 5.10 Å². The molecule has 1 aromatic heterocycles. The highest BCUT2D eigenvalue weighted by Crippen LogP contribution is 2.30. The van der Waals surface area contributed by atoms with Crippen molar-refractivity contribution in [2.24, 2.45) is 7.05 Å². The van der Waals surface area contributed by atoms with E-state index < -0.39 is 5.54 Å².